The van der Waals surface area contributed by atoms with Crippen molar-refractivity contribution >= 4 is 24.2 Å². The normalized spacial score (nSPS) is 49.9. The van der Waals surface area contributed by atoms with E-state index < -0.39 is 33.4 Å². The van der Waals surface area contributed by atoms with Gasteiger partial charge in [0, 0.05) is 0 Å². The second-order valence-electron chi connectivity index (χ2n) is 9.80. The molecule has 1 spiro atoms. The average Bonchev–Trinajstić information content (AvgIpc) is 3.22. The Kier molecular flexibility index (Phi) is 4.17. The van der Waals surface area contributed by atoms with Crippen LogP contribution in [-0.4, -0.2) is 42.6 Å². The fourth-order valence-electron chi connectivity index (χ4n) is 7.13. The molecular formula is C18H26ClHgNO4S. The van der Waals surface area contributed by atoms with Crippen LogP contribution in [0, 0.1) is 22.7 Å². The van der Waals surface area contributed by atoms with E-state index in [1.54, 1.807) is 0 Å². The molecule has 5 fully saturated rings. The molecule has 7 atom stereocenters. The van der Waals surface area contributed by atoms with Crippen LogP contribution in [0.15, 0.2) is 0 Å². The summed E-state index contributed by atoms with van der Waals surface area (Å²) in [4.78, 5) is 13.5. The second kappa shape index (κ2) is 5.82. The van der Waals surface area contributed by atoms with Crippen molar-refractivity contribution in [2.24, 2.45) is 22.7 Å². The molecule has 5 nitrogen and oxygen atoms in total. The molecule has 1 amide bonds. The zero-order valence-electron chi connectivity index (χ0n) is 15.5. The van der Waals surface area contributed by atoms with Crippen molar-refractivity contribution in [1.82, 2.24) is 4.31 Å². The summed E-state index contributed by atoms with van der Waals surface area (Å²) in [5.74, 6) is 0.206. The van der Waals surface area contributed by atoms with Gasteiger partial charge in [-0.3, -0.25) is 0 Å². The van der Waals surface area contributed by atoms with Crippen molar-refractivity contribution in [2.45, 2.75) is 74.0 Å². The summed E-state index contributed by atoms with van der Waals surface area (Å²) in [6.07, 6.45) is 5.65. The maximum absolute atomic E-state index is 13.5. The van der Waals surface area contributed by atoms with Crippen LogP contribution >= 0.6 is 8.25 Å². The summed E-state index contributed by atoms with van der Waals surface area (Å²) < 4.78 is 34.1. The summed E-state index contributed by atoms with van der Waals surface area (Å²) in [7, 11) is 2.80. The molecule has 3 saturated heterocycles. The number of hydrogen-bond donors (Lipinski definition) is 0. The Hall–Kier alpha value is 0.605. The Morgan fingerprint density at radius 2 is 1.92 bits per heavy atom. The number of amides is 1. The number of carbonyl (C=O) groups excluding carboxylic acids is 1. The van der Waals surface area contributed by atoms with Crippen molar-refractivity contribution in [3.05, 3.63) is 0 Å². The van der Waals surface area contributed by atoms with Gasteiger partial charge in [-0.25, -0.2) is 0 Å². The van der Waals surface area contributed by atoms with Crippen LogP contribution in [-0.2, 0) is 42.9 Å². The van der Waals surface area contributed by atoms with Gasteiger partial charge >= 0.3 is 172 Å². The van der Waals surface area contributed by atoms with Gasteiger partial charge in [-0.1, -0.05) is 0 Å². The third-order valence-corrected chi connectivity index (χ3v) is 19.0. The van der Waals surface area contributed by atoms with Crippen LogP contribution in [0.2, 0.25) is 3.43 Å². The summed E-state index contributed by atoms with van der Waals surface area (Å²) in [5.41, 5.74) is -0.247. The van der Waals surface area contributed by atoms with Gasteiger partial charge in [-0.15, -0.1) is 0 Å². The first-order valence-corrected chi connectivity index (χ1v) is 21.5. The van der Waals surface area contributed by atoms with E-state index in [4.69, 9.17) is 13.0 Å². The Morgan fingerprint density at radius 3 is 2.62 bits per heavy atom. The van der Waals surface area contributed by atoms with E-state index >= 15 is 0 Å². The molecule has 2 aliphatic carbocycles. The molecule has 0 radical (unpaired) electrons. The Balaban J connectivity index is 1.49. The van der Waals surface area contributed by atoms with E-state index in [0.717, 1.165) is 38.5 Å². The Bertz CT molecular complexity index is 758. The van der Waals surface area contributed by atoms with Gasteiger partial charge in [0.15, 0.2) is 0 Å². The molecule has 4 bridgehead atoms. The molecule has 0 N–H and O–H groups in total. The second-order valence-corrected chi connectivity index (χ2v) is 19.6. The summed E-state index contributed by atoms with van der Waals surface area (Å²) >= 11 is -1.55. The van der Waals surface area contributed by atoms with Crippen LogP contribution < -0.4 is 0 Å². The number of rotatable bonds is 2. The summed E-state index contributed by atoms with van der Waals surface area (Å²) in [5, 5.41) is 0. The molecule has 0 unspecified atom stereocenters. The molecule has 5 rings (SSSR count). The zero-order valence-corrected chi connectivity index (χ0v) is 22.6. The number of ether oxygens (including phenoxy) is 1. The van der Waals surface area contributed by atoms with E-state index in [1.165, 1.54) is 4.31 Å². The fourth-order valence-corrected chi connectivity index (χ4v) is 16.6. The van der Waals surface area contributed by atoms with Crippen molar-refractivity contribution in [1.29, 1.82) is 0 Å². The molecule has 0 aromatic carbocycles. The van der Waals surface area contributed by atoms with Gasteiger partial charge < -0.3 is 0 Å². The van der Waals surface area contributed by atoms with Gasteiger partial charge in [0.25, 0.3) is 0 Å². The molecule has 3 aliphatic heterocycles. The summed E-state index contributed by atoms with van der Waals surface area (Å²) in [6.45, 7) is 4.44. The van der Waals surface area contributed by atoms with Crippen molar-refractivity contribution in [3.8, 4) is 0 Å². The molecular weight excluding hydrogens is 562 g/mol. The van der Waals surface area contributed by atoms with Crippen LogP contribution in [0.1, 0.15) is 52.4 Å². The average molecular weight is 589 g/mol. The minimum absolute atomic E-state index is 0.00296. The predicted molar refractivity (Wildman–Crippen MR) is 93.6 cm³/mol. The number of sulfonamides is 1. The van der Waals surface area contributed by atoms with E-state index in [0.29, 0.717) is 9.34 Å². The molecule has 5 aliphatic rings. The third kappa shape index (κ3) is 2.22. The first-order chi connectivity index (χ1) is 12.2. The van der Waals surface area contributed by atoms with E-state index in [1.807, 2.05) is 0 Å². The molecule has 0 aromatic heterocycles. The molecule has 26 heavy (non-hydrogen) atoms. The summed E-state index contributed by atoms with van der Waals surface area (Å²) in [6, 6.07) is -0.132. The van der Waals surface area contributed by atoms with E-state index in [-0.39, 0.29) is 46.7 Å². The van der Waals surface area contributed by atoms with Gasteiger partial charge in [-0.05, 0) is 0 Å². The number of carbonyl (C=O) groups is 1. The van der Waals surface area contributed by atoms with Gasteiger partial charge in [-0.2, -0.15) is 0 Å². The van der Waals surface area contributed by atoms with Gasteiger partial charge in [0.05, 0.1) is 0 Å². The number of nitrogens with zero attached hydrogens (tertiary/aromatic N) is 1. The standard InChI is InChI=1S/C18H26NO4S.ClH.Hg/c1-17(2)11-7-8-18(17)10-24(21,22)19(15(18)9-11)16(20)13-5-3-12-4-6-14(13)23-12;;/h3,11-15H,4-10H2,1-2H3;1H;/q;;+1/p-1/t11-,12+,13-,14+,15-,18-;;/m1../s1. The predicted octanol–water partition coefficient (Wildman–Crippen LogP) is 2.95. The van der Waals surface area contributed by atoms with Gasteiger partial charge in [0.2, 0.25) is 0 Å². The van der Waals surface area contributed by atoms with E-state index in [9.17, 15) is 13.2 Å². The fraction of sp³-hybridized carbons (Fsp3) is 0.944. The number of fused-ring (bicyclic) bond motifs is 3. The molecule has 3 heterocycles. The van der Waals surface area contributed by atoms with Crippen LogP contribution in [0.5, 0.6) is 0 Å². The van der Waals surface area contributed by atoms with Crippen LogP contribution in [0.4, 0.5) is 0 Å². The third-order valence-electron chi connectivity index (χ3n) is 8.76. The molecule has 0 aromatic rings. The monoisotopic (exact) mass is 589 g/mol. The minimum atomic E-state index is -3.54. The van der Waals surface area contributed by atoms with Crippen molar-refractivity contribution in [2.75, 3.05) is 5.75 Å². The van der Waals surface area contributed by atoms with Crippen LogP contribution in [0.3, 0.4) is 0 Å². The molecule has 2 saturated carbocycles. The Labute approximate surface area is 171 Å². The Morgan fingerprint density at radius 1 is 1.19 bits per heavy atom. The zero-order chi connectivity index (χ0) is 18.5. The quantitative estimate of drug-likeness (QED) is 0.466. The van der Waals surface area contributed by atoms with Gasteiger partial charge in [0.1, 0.15) is 0 Å². The first kappa shape index (κ1) is 18.6. The van der Waals surface area contributed by atoms with E-state index in [2.05, 4.69) is 13.8 Å². The first-order valence-electron chi connectivity index (χ1n) is 9.98. The number of hydrogen-bond acceptors (Lipinski definition) is 4. The molecule has 8 heteroatoms. The SMILES string of the molecule is CC1(C)[C@@H]2CC[C@]13CS(=O)(=O)N(C(=O)[C@@H]1C[C@@H]([Hg][Cl])[C@H]4CC[C@@H]1O4)[C@@H]3C2. The topological polar surface area (TPSA) is 63.7 Å². The van der Waals surface area contributed by atoms with Crippen molar-refractivity contribution in [3.63, 3.8) is 0 Å². The van der Waals surface area contributed by atoms with Crippen LogP contribution in [0.25, 0.3) is 0 Å². The number of halogens is 1. The maximum atomic E-state index is 13.5. The molecule has 142 valence electrons. The van der Waals surface area contributed by atoms with Crippen molar-refractivity contribution < 1.29 is 41.3 Å².